The summed E-state index contributed by atoms with van der Waals surface area (Å²) in [7, 11) is 2.87. The van der Waals surface area contributed by atoms with E-state index in [-0.39, 0.29) is 18.1 Å². The predicted molar refractivity (Wildman–Crippen MR) is 80.1 cm³/mol. The van der Waals surface area contributed by atoms with Crippen molar-refractivity contribution in [2.45, 2.75) is 26.2 Å². The van der Waals surface area contributed by atoms with Crippen LogP contribution in [0.3, 0.4) is 0 Å². The summed E-state index contributed by atoms with van der Waals surface area (Å²) in [4.78, 5) is 24.0. The SMILES string of the molecule is COC(C(=O)NCc1ccc(OC)cc1)=C1OC(C)(C)OC1=O. The van der Waals surface area contributed by atoms with Crippen LogP contribution < -0.4 is 10.1 Å². The second-order valence-electron chi connectivity index (χ2n) is 5.28. The fourth-order valence-electron chi connectivity index (χ4n) is 2.01. The Morgan fingerprint density at radius 2 is 1.83 bits per heavy atom. The van der Waals surface area contributed by atoms with E-state index in [1.54, 1.807) is 33.1 Å². The molecule has 1 amide bonds. The molecule has 0 bridgehead atoms. The molecule has 124 valence electrons. The average molecular weight is 321 g/mol. The summed E-state index contributed by atoms with van der Waals surface area (Å²) in [6, 6.07) is 7.22. The molecular formula is C16H19NO6. The summed E-state index contributed by atoms with van der Waals surface area (Å²) in [6.45, 7) is 3.41. The summed E-state index contributed by atoms with van der Waals surface area (Å²) in [6.07, 6.45) is 0. The number of rotatable bonds is 5. The van der Waals surface area contributed by atoms with Crippen molar-refractivity contribution >= 4 is 11.9 Å². The van der Waals surface area contributed by atoms with Crippen molar-refractivity contribution in [3.05, 3.63) is 41.3 Å². The maximum Gasteiger partial charge on any atom is 0.381 e. The zero-order valence-electron chi connectivity index (χ0n) is 13.5. The second-order valence-corrected chi connectivity index (χ2v) is 5.28. The molecule has 1 aromatic carbocycles. The van der Waals surface area contributed by atoms with Crippen LogP contribution in [0.5, 0.6) is 5.75 Å². The van der Waals surface area contributed by atoms with E-state index in [9.17, 15) is 9.59 Å². The molecule has 0 unspecified atom stereocenters. The molecule has 0 atom stereocenters. The van der Waals surface area contributed by atoms with E-state index in [0.717, 1.165) is 11.3 Å². The Kier molecular flexibility index (Phi) is 4.78. The first-order valence-corrected chi connectivity index (χ1v) is 6.98. The van der Waals surface area contributed by atoms with E-state index in [1.807, 2.05) is 12.1 Å². The van der Waals surface area contributed by atoms with Gasteiger partial charge in [0.25, 0.3) is 11.7 Å². The number of ether oxygens (including phenoxy) is 4. The van der Waals surface area contributed by atoms with Crippen molar-refractivity contribution in [3.63, 3.8) is 0 Å². The molecule has 0 aliphatic carbocycles. The van der Waals surface area contributed by atoms with Gasteiger partial charge in [0, 0.05) is 20.4 Å². The Bertz CT molecular complexity index is 632. The number of cyclic esters (lactones) is 1. The van der Waals surface area contributed by atoms with Gasteiger partial charge in [-0.3, -0.25) is 4.79 Å². The first kappa shape index (κ1) is 16.7. The van der Waals surface area contributed by atoms with Gasteiger partial charge >= 0.3 is 5.97 Å². The highest BCUT2D eigenvalue weighted by atomic mass is 16.8. The predicted octanol–water partition coefficient (Wildman–Crippen LogP) is 1.48. The van der Waals surface area contributed by atoms with Crippen LogP contribution in [0.15, 0.2) is 35.8 Å². The highest BCUT2D eigenvalue weighted by Crippen LogP contribution is 2.28. The summed E-state index contributed by atoms with van der Waals surface area (Å²) in [5.74, 6) is -2.13. The molecular weight excluding hydrogens is 302 g/mol. The van der Waals surface area contributed by atoms with Crippen molar-refractivity contribution in [2.24, 2.45) is 0 Å². The van der Waals surface area contributed by atoms with Gasteiger partial charge in [-0.15, -0.1) is 0 Å². The first-order chi connectivity index (χ1) is 10.9. The molecule has 23 heavy (non-hydrogen) atoms. The number of methoxy groups -OCH3 is 2. The van der Waals surface area contributed by atoms with Crippen LogP contribution in [0.1, 0.15) is 19.4 Å². The number of benzene rings is 1. The van der Waals surface area contributed by atoms with Crippen molar-refractivity contribution in [1.29, 1.82) is 0 Å². The third kappa shape index (κ3) is 3.94. The summed E-state index contributed by atoms with van der Waals surface area (Å²) >= 11 is 0. The molecule has 1 aliphatic rings. The lowest BCUT2D eigenvalue weighted by atomic mass is 10.2. The Hall–Kier alpha value is -2.70. The van der Waals surface area contributed by atoms with E-state index < -0.39 is 17.7 Å². The quantitative estimate of drug-likeness (QED) is 0.502. The second kappa shape index (κ2) is 6.60. The van der Waals surface area contributed by atoms with Gasteiger partial charge in [0.05, 0.1) is 14.2 Å². The van der Waals surface area contributed by atoms with Crippen LogP contribution >= 0.6 is 0 Å². The lowest BCUT2D eigenvalue weighted by Gasteiger charge is -2.14. The number of carbonyl (C=O) groups is 2. The molecule has 2 rings (SSSR count). The maximum atomic E-state index is 12.2. The van der Waals surface area contributed by atoms with Gasteiger partial charge in [-0.1, -0.05) is 12.1 Å². The van der Waals surface area contributed by atoms with E-state index in [2.05, 4.69) is 5.32 Å². The fourth-order valence-corrected chi connectivity index (χ4v) is 2.01. The van der Waals surface area contributed by atoms with Gasteiger partial charge in [-0.05, 0) is 17.7 Å². The van der Waals surface area contributed by atoms with Gasteiger partial charge < -0.3 is 24.3 Å². The zero-order valence-corrected chi connectivity index (χ0v) is 13.5. The van der Waals surface area contributed by atoms with Gasteiger partial charge in [0.2, 0.25) is 11.5 Å². The first-order valence-electron chi connectivity index (χ1n) is 6.98. The van der Waals surface area contributed by atoms with Gasteiger partial charge in [0.1, 0.15) is 5.75 Å². The third-order valence-electron chi connectivity index (χ3n) is 3.10. The number of carbonyl (C=O) groups excluding carboxylic acids is 2. The highest BCUT2D eigenvalue weighted by molar-refractivity contribution is 6.00. The fraction of sp³-hybridized carbons (Fsp3) is 0.375. The molecule has 1 fully saturated rings. The largest absolute Gasteiger partial charge is 0.497 e. The third-order valence-corrected chi connectivity index (χ3v) is 3.10. The van der Waals surface area contributed by atoms with E-state index >= 15 is 0 Å². The number of hydrogen-bond donors (Lipinski definition) is 1. The van der Waals surface area contributed by atoms with Crippen LogP contribution in [0, 0.1) is 0 Å². The molecule has 0 aromatic heterocycles. The molecule has 1 aliphatic heterocycles. The van der Waals surface area contributed by atoms with E-state index in [1.165, 1.54) is 7.11 Å². The van der Waals surface area contributed by atoms with Gasteiger partial charge in [0.15, 0.2) is 0 Å². The van der Waals surface area contributed by atoms with Crippen molar-refractivity contribution in [3.8, 4) is 5.75 Å². The van der Waals surface area contributed by atoms with Crippen LogP contribution in [-0.2, 0) is 30.3 Å². The van der Waals surface area contributed by atoms with Gasteiger partial charge in [-0.25, -0.2) is 4.79 Å². The Balaban J connectivity index is 2.07. The lowest BCUT2D eigenvalue weighted by Crippen LogP contribution is -2.27. The summed E-state index contributed by atoms with van der Waals surface area (Å²) in [5, 5.41) is 2.66. The number of nitrogens with one attached hydrogen (secondary N) is 1. The van der Waals surface area contributed by atoms with Gasteiger partial charge in [-0.2, -0.15) is 0 Å². The van der Waals surface area contributed by atoms with Crippen LogP contribution in [0.25, 0.3) is 0 Å². The Morgan fingerprint density at radius 3 is 2.30 bits per heavy atom. The van der Waals surface area contributed by atoms with Crippen LogP contribution in [0.4, 0.5) is 0 Å². The van der Waals surface area contributed by atoms with E-state index in [0.29, 0.717) is 0 Å². The summed E-state index contributed by atoms with van der Waals surface area (Å²) in [5.41, 5.74) is 0.870. The minimum Gasteiger partial charge on any atom is -0.497 e. The molecule has 7 nitrogen and oxygen atoms in total. The molecule has 0 saturated carbocycles. The van der Waals surface area contributed by atoms with Crippen molar-refractivity contribution in [2.75, 3.05) is 14.2 Å². The monoisotopic (exact) mass is 321 g/mol. The normalized spacial score (nSPS) is 17.8. The number of amides is 1. The standard InChI is InChI=1S/C16H19NO6/c1-16(2)22-13(15(19)23-16)12(21-4)14(18)17-9-10-5-7-11(20-3)8-6-10/h5-8H,9H2,1-4H3,(H,17,18). The maximum absolute atomic E-state index is 12.2. The molecule has 1 heterocycles. The van der Waals surface area contributed by atoms with Crippen LogP contribution in [0.2, 0.25) is 0 Å². The highest BCUT2D eigenvalue weighted by Gasteiger charge is 2.41. The number of esters is 1. The smallest absolute Gasteiger partial charge is 0.381 e. The Labute approximate surface area is 134 Å². The van der Waals surface area contributed by atoms with Crippen LogP contribution in [-0.4, -0.2) is 31.9 Å². The molecule has 7 heteroatoms. The molecule has 0 radical (unpaired) electrons. The number of hydrogen-bond acceptors (Lipinski definition) is 6. The molecule has 0 spiro atoms. The topological polar surface area (TPSA) is 83.1 Å². The summed E-state index contributed by atoms with van der Waals surface area (Å²) < 4.78 is 20.4. The van der Waals surface area contributed by atoms with Crippen molar-refractivity contribution in [1.82, 2.24) is 5.32 Å². The minimum absolute atomic E-state index is 0.214. The molecule has 1 saturated heterocycles. The molecule has 1 N–H and O–H groups in total. The Morgan fingerprint density at radius 1 is 1.17 bits per heavy atom. The van der Waals surface area contributed by atoms with Crippen molar-refractivity contribution < 1.29 is 28.5 Å². The lowest BCUT2D eigenvalue weighted by molar-refractivity contribution is -0.159. The zero-order chi connectivity index (χ0) is 17.0. The minimum atomic E-state index is -1.12. The average Bonchev–Trinajstić information content (AvgIpc) is 2.79. The molecule has 1 aromatic rings. The van der Waals surface area contributed by atoms with E-state index in [4.69, 9.17) is 18.9 Å².